The van der Waals surface area contributed by atoms with Gasteiger partial charge in [-0.15, -0.1) is 0 Å². The summed E-state index contributed by atoms with van der Waals surface area (Å²) in [6, 6.07) is 7.40. The second-order valence-electron chi connectivity index (χ2n) is 10.4. The van der Waals surface area contributed by atoms with E-state index in [1.165, 1.54) is 19.1 Å². The van der Waals surface area contributed by atoms with Gasteiger partial charge < -0.3 is 28.9 Å². The number of carbonyl (C=O) groups excluding carboxylic acids is 2. The molecule has 0 spiro atoms. The van der Waals surface area contributed by atoms with Crippen molar-refractivity contribution in [3.8, 4) is 5.75 Å². The van der Waals surface area contributed by atoms with Crippen molar-refractivity contribution in [2.75, 3.05) is 19.8 Å². The molecule has 1 aromatic heterocycles. The van der Waals surface area contributed by atoms with Crippen molar-refractivity contribution >= 4 is 19.7 Å². The molecule has 1 saturated heterocycles. The molecule has 15 nitrogen and oxygen atoms in total. The predicted octanol–water partition coefficient (Wildman–Crippen LogP) is 1.78. The molecule has 0 bridgehead atoms. The number of aliphatic hydroxyl groups excluding tert-OH is 1. The Kier molecular flexibility index (Phi) is 12.9. The number of nitrogens with zero attached hydrogens (tertiary/aromatic N) is 1. The number of carbonyl (C=O) groups is 2. The Hall–Kier alpha value is -3.33. The van der Waals surface area contributed by atoms with Gasteiger partial charge in [-0.05, 0) is 31.9 Å². The number of aliphatic hydroxyl groups is 2. The topological polar surface area (TPSA) is 205 Å². The van der Waals surface area contributed by atoms with Gasteiger partial charge in [0.2, 0.25) is 0 Å². The molecule has 44 heavy (non-hydrogen) atoms. The molecule has 0 amide bonds. The van der Waals surface area contributed by atoms with Crippen LogP contribution in [0.5, 0.6) is 5.75 Å². The molecule has 1 aromatic carbocycles. The fourth-order valence-corrected chi connectivity index (χ4v) is 5.72. The molecule has 2 aromatic rings. The Morgan fingerprint density at radius 3 is 2.41 bits per heavy atom. The number of hydrogen-bond acceptors (Lipinski definition) is 12. The van der Waals surface area contributed by atoms with E-state index in [-0.39, 0.29) is 19.0 Å². The van der Waals surface area contributed by atoms with E-state index in [1.54, 1.807) is 18.2 Å². The molecule has 1 fully saturated rings. The number of H-pyrrole nitrogens is 1. The minimum absolute atomic E-state index is 0.0613. The van der Waals surface area contributed by atoms with Crippen LogP contribution in [0.2, 0.25) is 0 Å². The lowest BCUT2D eigenvalue weighted by Crippen LogP contribution is -2.47. The average Bonchev–Trinajstić information content (AvgIpc) is 3.20. The molecule has 3 rings (SSSR count). The first-order chi connectivity index (χ1) is 20.9. The highest BCUT2D eigenvalue weighted by Crippen LogP contribution is 2.47. The zero-order chi connectivity index (χ0) is 32.3. The van der Waals surface area contributed by atoms with Gasteiger partial charge in [-0.1, -0.05) is 44.9 Å². The van der Waals surface area contributed by atoms with E-state index < -0.39 is 74.0 Å². The van der Waals surface area contributed by atoms with E-state index in [2.05, 4.69) is 5.09 Å². The smallest absolute Gasteiger partial charge is 0.459 e. The van der Waals surface area contributed by atoms with Gasteiger partial charge >= 0.3 is 25.4 Å². The monoisotopic (exact) mass is 641 g/mol. The van der Waals surface area contributed by atoms with Crippen molar-refractivity contribution in [1.29, 1.82) is 0 Å². The van der Waals surface area contributed by atoms with Crippen molar-refractivity contribution in [1.82, 2.24) is 14.6 Å². The number of benzene rings is 1. The van der Waals surface area contributed by atoms with Gasteiger partial charge in [0.05, 0.1) is 26.2 Å². The van der Waals surface area contributed by atoms with Crippen molar-refractivity contribution in [2.45, 2.75) is 83.0 Å². The van der Waals surface area contributed by atoms with Gasteiger partial charge in [0.15, 0.2) is 6.23 Å². The van der Waals surface area contributed by atoms with Gasteiger partial charge in [0, 0.05) is 12.3 Å². The first kappa shape index (κ1) is 35.2. The quantitative estimate of drug-likeness (QED) is 0.111. The number of rotatable bonds is 17. The molecular formula is C28H40N3O12P. The lowest BCUT2D eigenvalue weighted by Gasteiger charge is -2.27. The van der Waals surface area contributed by atoms with E-state index in [0.29, 0.717) is 12.8 Å². The summed E-state index contributed by atoms with van der Waals surface area (Å²) in [7, 11) is -4.55. The van der Waals surface area contributed by atoms with Gasteiger partial charge in [0.1, 0.15) is 29.6 Å². The molecule has 0 aliphatic carbocycles. The maximum absolute atomic E-state index is 14.1. The summed E-state index contributed by atoms with van der Waals surface area (Å²) in [6.07, 6.45) is -1.25. The Morgan fingerprint density at radius 2 is 1.77 bits per heavy atom. The van der Waals surface area contributed by atoms with E-state index in [9.17, 15) is 34.0 Å². The first-order valence-corrected chi connectivity index (χ1v) is 15.9. The van der Waals surface area contributed by atoms with Crippen LogP contribution in [-0.2, 0) is 32.9 Å². The number of hydrogen-bond donors (Lipinski definition) is 4. The Labute approximate surface area is 254 Å². The van der Waals surface area contributed by atoms with Crippen LogP contribution in [-0.4, -0.2) is 75.4 Å². The second-order valence-corrected chi connectivity index (χ2v) is 12.1. The van der Waals surface area contributed by atoms with E-state index >= 15 is 0 Å². The predicted molar refractivity (Wildman–Crippen MR) is 156 cm³/mol. The van der Waals surface area contributed by atoms with Crippen LogP contribution in [0, 0.1) is 0 Å². The molecule has 244 valence electrons. The van der Waals surface area contributed by atoms with Crippen LogP contribution in [0.3, 0.4) is 0 Å². The highest BCUT2D eigenvalue weighted by Gasteiger charge is 2.54. The summed E-state index contributed by atoms with van der Waals surface area (Å²) < 4.78 is 42.5. The SMILES string of the molecule is CCCCOC(=O)C[C@H](NP(=O)(OC[C@H]1O[C@@H](n2ccc(=O)[nH]c2=O)[C@](C)(O)[C@@H]1O)Oc1ccccc1)C(=O)OCCCC. The molecule has 1 unspecified atom stereocenters. The average molecular weight is 642 g/mol. The normalized spacial score (nSPS) is 23.4. The highest BCUT2D eigenvalue weighted by atomic mass is 31.2. The molecular weight excluding hydrogens is 601 g/mol. The molecule has 1 aliphatic heterocycles. The van der Waals surface area contributed by atoms with Crippen molar-refractivity contribution in [3.05, 3.63) is 63.4 Å². The van der Waals surface area contributed by atoms with E-state index in [0.717, 1.165) is 29.7 Å². The molecule has 2 heterocycles. The summed E-state index contributed by atoms with van der Waals surface area (Å²) in [6.45, 7) is 4.57. The van der Waals surface area contributed by atoms with E-state index in [4.69, 9.17) is 23.3 Å². The van der Waals surface area contributed by atoms with Crippen molar-refractivity contribution in [3.63, 3.8) is 0 Å². The van der Waals surface area contributed by atoms with Crippen molar-refractivity contribution < 1.29 is 47.6 Å². The Bertz CT molecular complexity index is 1400. The minimum Gasteiger partial charge on any atom is -0.466 e. The zero-order valence-corrected chi connectivity index (χ0v) is 25.8. The standard InChI is InChI=1S/C28H40N3O12P/c1-4-6-15-39-23(33)17-20(25(35)40-16-7-5-2)30-44(38,43-19-11-9-8-10-12-19)41-18-21-24(34)28(3,37)26(42-21)31-14-13-22(32)29-27(31)36/h8-14,20-21,24,26,34,37H,4-7,15-18H2,1-3H3,(H,30,38)(H,29,32,36)/t20-,21+,24+,26+,28+,44?/m0/s1. The van der Waals surface area contributed by atoms with E-state index in [1.807, 2.05) is 18.8 Å². The fourth-order valence-electron chi connectivity index (χ4n) is 4.22. The number of esters is 2. The molecule has 0 saturated carbocycles. The first-order valence-electron chi connectivity index (χ1n) is 14.4. The summed E-state index contributed by atoms with van der Waals surface area (Å²) >= 11 is 0. The molecule has 4 N–H and O–H groups in total. The van der Waals surface area contributed by atoms with Crippen LogP contribution < -0.4 is 20.9 Å². The minimum atomic E-state index is -4.55. The number of aromatic nitrogens is 2. The third-order valence-corrected chi connectivity index (χ3v) is 8.28. The van der Waals surface area contributed by atoms with Crippen LogP contribution >= 0.6 is 7.75 Å². The lowest BCUT2D eigenvalue weighted by molar-refractivity contribution is -0.152. The molecule has 6 atom stereocenters. The number of aromatic amines is 1. The Morgan fingerprint density at radius 1 is 1.11 bits per heavy atom. The van der Waals surface area contributed by atoms with Crippen LogP contribution in [0.25, 0.3) is 0 Å². The summed E-state index contributed by atoms with van der Waals surface area (Å²) in [5.41, 5.74) is -3.63. The molecule has 16 heteroatoms. The van der Waals surface area contributed by atoms with Gasteiger partial charge in [-0.3, -0.25) is 28.5 Å². The maximum Gasteiger partial charge on any atom is 0.459 e. The largest absolute Gasteiger partial charge is 0.466 e. The van der Waals surface area contributed by atoms with Crippen LogP contribution in [0.1, 0.15) is 59.1 Å². The highest BCUT2D eigenvalue weighted by molar-refractivity contribution is 7.52. The molecule has 1 aliphatic rings. The Balaban J connectivity index is 1.84. The van der Waals surface area contributed by atoms with Crippen molar-refractivity contribution in [2.24, 2.45) is 0 Å². The number of nitrogens with one attached hydrogen (secondary N) is 2. The maximum atomic E-state index is 14.1. The third-order valence-electron chi connectivity index (χ3n) is 6.71. The van der Waals surface area contributed by atoms with Gasteiger partial charge in [-0.2, -0.15) is 5.09 Å². The van der Waals surface area contributed by atoms with Crippen LogP contribution in [0.15, 0.2) is 52.2 Å². The van der Waals surface area contributed by atoms with Crippen LogP contribution in [0.4, 0.5) is 0 Å². The molecule has 0 radical (unpaired) electrons. The summed E-state index contributed by atoms with van der Waals surface area (Å²) in [5, 5.41) is 24.4. The number of unbranched alkanes of at least 4 members (excludes halogenated alkanes) is 2. The van der Waals surface area contributed by atoms with Gasteiger partial charge in [-0.25, -0.2) is 9.36 Å². The zero-order valence-electron chi connectivity index (χ0n) is 24.9. The fraction of sp³-hybridized carbons (Fsp3) is 0.571. The summed E-state index contributed by atoms with van der Waals surface area (Å²) in [5.74, 6) is -1.54. The number of para-hydroxylation sites is 1. The van der Waals surface area contributed by atoms with Gasteiger partial charge in [0.25, 0.3) is 5.56 Å². The second kappa shape index (κ2) is 16.1. The number of ether oxygens (including phenoxy) is 3. The summed E-state index contributed by atoms with van der Waals surface area (Å²) in [4.78, 5) is 51.4. The lowest BCUT2D eigenvalue weighted by atomic mass is 9.96. The third kappa shape index (κ3) is 9.58.